The largest absolute Gasteiger partial charge is 0.416 e. The van der Waals surface area contributed by atoms with E-state index in [-0.39, 0.29) is 6.54 Å². The molecule has 0 unspecified atom stereocenters. The van der Waals surface area contributed by atoms with Gasteiger partial charge in [-0.1, -0.05) is 62.3 Å². The topological polar surface area (TPSA) is 29.5 Å². The quantitative estimate of drug-likeness (QED) is 0.258. The highest BCUT2D eigenvalue weighted by Crippen LogP contribution is 2.29. The average molecular weight is 431 g/mol. The Bertz CT molecular complexity index is 878. The first-order valence-corrected chi connectivity index (χ1v) is 10.5. The van der Waals surface area contributed by atoms with E-state index in [2.05, 4.69) is 18.8 Å². The van der Waals surface area contributed by atoms with Gasteiger partial charge in [0.05, 0.1) is 18.7 Å². The van der Waals surface area contributed by atoms with E-state index in [1.807, 2.05) is 24.3 Å². The minimum atomic E-state index is -4.38. The van der Waals surface area contributed by atoms with E-state index in [9.17, 15) is 18.0 Å². The summed E-state index contributed by atoms with van der Waals surface area (Å²) in [6, 6.07) is 12.5. The molecule has 2 rings (SSSR count). The first-order valence-electron chi connectivity index (χ1n) is 10.5. The van der Waals surface area contributed by atoms with Crippen molar-refractivity contribution >= 4 is 5.97 Å². The Balaban J connectivity index is 1.97. The monoisotopic (exact) mass is 431 g/mol. The molecule has 0 aliphatic rings. The summed E-state index contributed by atoms with van der Waals surface area (Å²) in [4.78, 5) is 16.7. The van der Waals surface area contributed by atoms with Gasteiger partial charge in [0, 0.05) is 18.9 Å². The number of hydroxylamine groups is 2. The lowest BCUT2D eigenvalue weighted by atomic mass is 10.1. The Morgan fingerprint density at radius 1 is 0.935 bits per heavy atom. The number of nitrogens with zero attached hydrogens (tertiary/aromatic N) is 1. The van der Waals surface area contributed by atoms with Gasteiger partial charge in [-0.25, -0.2) is 0 Å². The zero-order chi connectivity index (χ0) is 22.7. The molecule has 0 aromatic heterocycles. The lowest BCUT2D eigenvalue weighted by molar-refractivity contribution is -0.194. The first-order chi connectivity index (χ1) is 14.8. The minimum absolute atomic E-state index is 0.178. The van der Waals surface area contributed by atoms with Crippen molar-refractivity contribution in [1.29, 1.82) is 0 Å². The van der Waals surface area contributed by atoms with Crippen molar-refractivity contribution < 1.29 is 22.8 Å². The van der Waals surface area contributed by atoms with Crippen LogP contribution in [0.4, 0.5) is 13.2 Å². The molecular formula is C25H28F3NO2. The number of benzene rings is 2. The van der Waals surface area contributed by atoms with E-state index in [1.165, 1.54) is 43.4 Å². The predicted octanol–water partition coefficient (Wildman–Crippen LogP) is 6.51. The fourth-order valence-electron chi connectivity index (χ4n) is 3.01. The molecule has 166 valence electrons. The number of unbranched alkanes of at least 4 members (excludes halogenated alkanes) is 4. The molecule has 0 saturated heterocycles. The Hall–Kier alpha value is -2.78. The van der Waals surface area contributed by atoms with Crippen LogP contribution in [0.25, 0.3) is 0 Å². The number of carbonyl (C=O) groups excluding carboxylic acids is 1. The van der Waals surface area contributed by atoms with Crippen molar-refractivity contribution in [1.82, 2.24) is 5.06 Å². The van der Waals surface area contributed by atoms with E-state index in [0.29, 0.717) is 12.1 Å². The van der Waals surface area contributed by atoms with Crippen LogP contribution in [0.5, 0.6) is 0 Å². The van der Waals surface area contributed by atoms with Crippen LogP contribution in [-0.4, -0.2) is 11.0 Å². The molecule has 0 saturated carbocycles. The van der Waals surface area contributed by atoms with Crippen molar-refractivity contribution in [3.63, 3.8) is 0 Å². The van der Waals surface area contributed by atoms with Gasteiger partial charge < -0.3 is 4.84 Å². The van der Waals surface area contributed by atoms with Crippen LogP contribution in [0, 0.1) is 11.8 Å². The fourth-order valence-corrected chi connectivity index (χ4v) is 3.01. The van der Waals surface area contributed by atoms with Crippen LogP contribution < -0.4 is 0 Å². The third kappa shape index (κ3) is 9.27. The molecule has 2 aromatic carbocycles. The molecule has 0 atom stereocenters. The minimum Gasteiger partial charge on any atom is -0.368 e. The van der Waals surface area contributed by atoms with Gasteiger partial charge >= 0.3 is 12.1 Å². The van der Waals surface area contributed by atoms with Crippen molar-refractivity contribution in [2.24, 2.45) is 0 Å². The van der Waals surface area contributed by atoms with E-state index >= 15 is 0 Å². The second kappa shape index (κ2) is 12.2. The average Bonchev–Trinajstić information content (AvgIpc) is 2.71. The molecule has 31 heavy (non-hydrogen) atoms. The number of carbonyl (C=O) groups is 1. The number of rotatable bonds is 9. The van der Waals surface area contributed by atoms with Crippen LogP contribution in [0.15, 0.2) is 48.5 Å². The van der Waals surface area contributed by atoms with Crippen molar-refractivity contribution in [3.05, 3.63) is 70.8 Å². The summed E-state index contributed by atoms with van der Waals surface area (Å²) in [6.45, 7) is 3.96. The molecule has 2 aromatic rings. The smallest absolute Gasteiger partial charge is 0.368 e. The molecule has 3 nitrogen and oxygen atoms in total. The maximum atomic E-state index is 12.7. The van der Waals surface area contributed by atoms with Gasteiger partial charge in [0.15, 0.2) is 0 Å². The van der Waals surface area contributed by atoms with E-state index < -0.39 is 17.7 Å². The highest BCUT2D eigenvalue weighted by molar-refractivity contribution is 5.65. The van der Waals surface area contributed by atoms with Crippen molar-refractivity contribution in [3.8, 4) is 11.8 Å². The summed E-state index contributed by atoms with van der Waals surface area (Å²) in [7, 11) is 0. The Morgan fingerprint density at radius 2 is 1.52 bits per heavy atom. The lowest BCUT2D eigenvalue weighted by Gasteiger charge is -2.21. The van der Waals surface area contributed by atoms with Gasteiger partial charge in [0.1, 0.15) is 0 Å². The zero-order valence-electron chi connectivity index (χ0n) is 18.0. The number of hydrogen-bond acceptors (Lipinski definition) is 3. The van der Waals surface area contributed by atoms with E-state index in [1.54, 1.807) is 0 Å². The van der Waals surface area contributed by atoms with E-state index in [4.69, 9.17) is 4.84 Å². The molecule has 0 spiro atoms. The zero-order valence-corrected chi connectivity index (χ0v) is 18.0. The lowest BCUT2D eigenvalue weighted by Crippen LogP contribution is -2.25. The summed E-state index contributed by atoms with van der Waals surface area (Å²) in [5, 5.41) is 1.43. The van der Waals surface area contributed by atoms with Gasteiger partial charge in [0.2, 0.25) is 0 Å². The summed E-state index contributed by atoms with van der Waals surface area (Å²) in [6.07, 6.45) is 1.26. The number of halogens is 3. The van der Waals surface area contributed by atoms with Gasteiger partial charge in [-0.3, -0.25) is 4.79 Å². The summed E-state index contributed by atoms with van der Waals surface area (Å²) < 4.78 is 38.2. The van der Waals surface area contributed by atoms with Gasteiger partial charge in [-0.05, 0) is 41.8 Å². The van der Waals surface area contributed by atoms with Crippen LogP contribution in [-0.2, 0) is 28.9 Å². The Labute approximate surface area is 182 Å². The summed E-state index contributed by atoms with van der Waals surface area (Å²) in [5.41, 5.74) is 1.72. The van der Waals surface area contributed by atoms with Gasteiger partial charge in [-0.15, -0.1) is 5.06 Å². The second-order valence-corrected chi connectivity index (χ2v) is 7.38. The van der Waals surface area contributed by atoms with Crippen LogP contribution in [0.3, 0.4) is 0 Å². The SMILES string of the molecule is CCCCCCC#Cc1ccc(CN(Cc2ccc(C(F)(F)F)cc2)OC(C)=O)cc1. The maximum absolute atomic E-state index is 12.7. The highest BCUT2D eigenvalue weighted by Gasteiger charge is 2.30. The van der Waals surface area contributed by atoms with Crippen molar-refractivity contribution in [2.45, 2.75) is 65.2 Å². The molecule has 0 aliphatic carbocycles. The summed E-state index contributed by atoms with van der Waals surface area (Å²) in [5.74, 6) is 5.85. The molecule has 0 amide bonds. The van der Waals surface area contributed by atoms with Crippen LogP contribution in [0.2, 0.25) is 0 Å². The third-order valence-corrected chi connectivity index (χ3v) is 4.60. The normalized spacial score (nSPS) is 11.2. The molecule has 6 heteroatoms. The molecule has 0 bridgehead atoms. The van der Waals surface area contributed by atoms with Gasteiger partial charge in [-0.2, -0.15) is 13.2 Å². The van der Waals surface area contributed by atoms with Crippen molar-refractivity contribution in [2.75, 3.05) is 0 Å². The Morgan fingerprint density at radius 3 is 2.03 bits per heavy atom. The molecule has 0 aliphatic heterocycles. The number of alkyl halides is 3. The van der Waals surface area contributed by atoms with Crippen LogP contribution in [0.1, 0.15) is 68.2 Å². The Kier molecular flexibility index (Phi) is 9.61. The highest BCUT2D eigenvalue weighted by atomic mass is 19.4. The molecule has 0 N–H and O–H groups in total. The number of hydrogen-bond donors (Lipinski definition) is 0. The third-order valence-electron chi connectivity index (χ3n) is 4.60. The van der Waals surface area contributed by atoms with Crippen LogP contribution >= 0.6 is 0 Å². The predicted molar refractivity (Wildman–Crippen MR) is 115 cm³/mol. The summed E-state index contributed by atoms with van der Waals surface area (Å²) >= 11 is 0. The maximum Gasteiger partial charge on any atom is 0.416 e. The van der Waals surface area contributed by atoms with Gasteiger partial charge in [0.25, 0.3) is 0 Å². The second-order valence-electron chi connectivity index (χ2n) is 7.38. The molecular weight excluding hydrogens is 403 g/mol. The first kappa shape index (κ1) is 24.5. The molecule has 0 heterocycles. The molecule has 0 fully saturated rings. The van der Waals surface area contributed by atoms with E-state index in [0.717, 1.165) is 36.1 Å². The molecule has 0 radical (unpaired) electrons. The standard InChI is InChI=1S/C25H28F3NO2/c1-3-4-5-6-7-8-9-21-10-12-22(13-11-21)18-29(31-20(2)30)19-23-14-16-24(17-15-23)25(26,27)28/h10-17H,3-7,18-19H2,1-2H3. The fraction of sp³-hybridized carbons (Fsp3) is 0.400.